The Morgan fingerprint density at radius 1 is 0.838 bits per heavy atom. The number of carbonyl (C=O) groups is 5. The highest BCUT2D eigenvalue weighted by molar-refractivity contribution is 6.24. The molecule has 3 amide bonds. The SMILES string of the molecule is O=C1CCC(N2C(=O)c3cccc(OCc4cn(CCOCCOCCOCC(=O)NCCOc5ccc(-c6cc(C(F)(F)F)[nH]n6)c(O)c5-c5cncc(C(F)(F)F)c5)nn4)c3C2=O)C(=O)C1. The van der Waals surface area contributed by atoms with Crippen LogP contribution in [-0.2, 0) is 54.1 Å². The van der Waals surface area contributed by atoms with Gasteiger partial charge in [0.15, 0.2) is 5.78 Å². The summed E-state index contributed by atoms with van der Waals surface area (Å²) in [5, 5.41) is 27.2. The summed E-state index contributed by atoms with van der Waals surface area (Å²) in [6.07, 6.45) is -6.52. The molecule has 1 aliphatic carbocycles. The minimum Gasteiger partial charge on any atom is -0.506 e. The predicted octanol–water partition coefficient (Wildman–Crippen LogP) is 4.58. The van der Waals surface area contributed by atoms with Crippen LogP contribution in [0.5, 0.6) is 17.2 Å². The number of phenolic OH excluding ortho intramolecular Hbond substituents is 1. The number of halogens is 6. The number of imide groups is 1. The van der Waals surface area contributed by atoms with E-state index in [1.54, 1.807) is 12.3 Å². The molecule has 0 bridgehead atoms. The topological polar surface area (TPSA) is 239 Å². The number of phenols is 1. The van der Waals surface area contributed by atoms with Gasteiger partial charge in [0, 0.05) is 29.9 Å². The van der Waals surface area contributed by atoms with Crippen molar-refractivity contribution >= 4 is 29.3 Å². The molecule has 1 saturated carbocycles. The Bertz CT molecular complexity index is 2670. The number of hydrogen-bond donors (Lipinski definition) is 3. The summed E-state index contributed by atoms with van der Waals surface area (Å²) >= 11 is 0. The van der Waals surface area contributed by atoms with Gasteiger partial charge >= 0.3 is 12.4 Å². The molecule has 1 atom stereocenters. The van der Waals surface area contributed by atoms with E-state index in [2.05, 4.69) is 25.7 Å². The first-order valence-corrected chi connectivity index (χ1v) is 20.7. The number of alkyl halides is 6. The molecular weight excluding hydrogens is 919 g/mol. The predicted molar refractivity (Wildman–Crippen MR) is 219 cm³/mol. The van der Waals surface area contributed by atoms with E-state index in [0.29, 0.717) is 30.6 Å². The highest BCUT2D eigenvalue weighted by Crippen LogP contribution is 2.45. The third kappa shape index (κ3) is 11.6. The molecule has 3 N–H and O–H groups in total. The van der Waals surface area contributed by atoms with Crippen LogP contribution in [0.2, 0.25) is 0 Å². The van der Waals surface area contributed by atoms with Crippen molar-refractivity contribution in [1.29, 1.82) is 0 Å². The summed E-state index contributed by atoms with van der Waals surface area (Å²) in [5.41, 5.74) is -2.92. The lowest BCUT2D eigenvalue weighted by atomic mass is 9.92. The van der Waals surface area contributed by atoms with Gasteiger partial charge < -0.3 is 34.1 Å². The molecule has 7 rings (SSSR count). The third-order valence-electron chi connectivity index (χ3n) is 10.4. The molecule has 68 heavy (non-hydrogen) atoms. The lowest BCUT2D eigenvalue weighted by Gasteiger charge is -2.27. The van der Waals surface area contributed by atoms with Crippen molar-refractivity contribution in [2.24, 2.45) is 0 Å². The first kappa shape index (κ1) is 48.7. The second-order valence-corrected chi connectivity index (χ2v) is 15.1. The highest BCUT2D eigenvalue weighted by Gasteiger charge is 2.46. The van der Waals surface area contributed by atoms with E-state index in [4.69, 9.17) is 23.7 Å². The van der Waals surface area contributed by atoms with Crippen molar-refractivity contribution in [3.63, 3.8) is 0 Å². The lowest BCUT2D eigenvalue weighted by Crippen LogP contribution is -2.47. The minimum absolute atomic E-state index is 0.0382. The molecule has 0 saturated heterocycles. The smallest absolute Gasteiger partial charge is 0.432 e. The second kappa shape index (κ2) is 21.1. The monoisotopic (exact) mass is 958 g/mol. The van der Waals surface area contributed by atoms with Gasteiger partial charge in [-0.2, -0.15) is 31.4 Å². The number of H-pyrrole nitrogens is 1. The number of amides is 3. The Morgan fingerprint density at radius 3 is 2.32 bits per heavy atom. The molecule has 1 unspecified atom stereocenters. The Kier molecular flexibility index (Phi) is 15.1. The van der Waals surface area contributed by atoms with Crippen LogP contribution in [0.1, 0.15) is 56.9 Å². The Morgan fingerprint density at radius 2 is 1.59 bits per heavy atom. The first-order chi connectivity index (χ1) is 32.5. The van der Waals surface area contributed by atoms with E-state index < -0.39 is 58.9 Å². The maximum Gasteiger partial charge on any atom is 0.432 e. The van der Waals surface area contributed by atoms with Gasteiger partial charge in [0.1, 0.15) is 54.2 Å². The average Bonchev–Trinajstić information content (AvgIpc) is 4.04. The normalized spacial score (nSPS) is 15.3. The Balaban J connectivity index is 0.774. The molecule has 4 heterocycles. The summed E-state index contributed by atoms with van der Waals surface area (Å²) in [5.74, 6) is -3.24. The number of nitrogens with zero attached hydrogens (tertiary/aromatic N) is 6. The van der Waals surface area contributed by atoms with Crippen molar-refractivity contribution in [1.82, 2.24) is 40.4 Å². The number of nitrogens with one attached hydrogen (secondary N) is 2. The fraction of sp³-hybridized carbons (Fsp3) is 0.372. The number of aromatic amines is 1. The fourth-order valence-corrected chi connectivity index (χ4v) is 7.15. The fourth-order valence-electron chi connectivity index (χ4n) is 7.15. The van der Waals surface area contributed by atoms with Gasteiger partial charge in [-0.1, -0.05) is 11.3 Å². The molecule has 25 heteroatoms. The van der Waals surface area contributed by atoms with Crippen LogP contribution in [0, 0.1) is 0 Å². The van der Waals surface area contributed by atoms with Gasteiger partial charge in [0.05, 0.1) is 92.7 Å². The summed E-state index contributed by atoms with van der Waals surface area (Å²) in [4.78, 5) is 67.4. The molecule has 1 aliphatic heterocycles. The average molecular weight is 959 g/mol. The van der Waals surface area contributed by atoms with Crippen LogP contribution in [0.15, 0.2) is 61.1 Å². The van der Waals surface area contributed by atoms with Gasteiger partial charge in [0.25, 0.3) is 11.8 Å². The van der Waals surface area contributed by atoms with E-state index in [-0.39, 0.29) is 129 Å². The van der Waals surface area contributed by atoms with Crippen LogP contribution in [0.25, 0.3) is 22.4 Å². The minimum atomic E-state index is -4.80. The molecule has 360 valence electrons. The number of aromatic nitrogens is 6. The molecule has 19 nitrogen and oxygen atoms in total. The van der Waals surface area contributed by atoms with Gasteiger partial charge in [-0.05, 0) is 42.8 Å². The van der Waals surface area contributed by atoms with Crippen molar-refractivity contribution in [2.75, 3.05) is 52.8 Å². The van der Waals surface area contributed by atoms with E-state index in [1.165, 1.54) is 28.9 Å². The number of benzene rings is 2. The van der Waals surface area contributed by atoms with Gasteiger partial charge in [0.2, 0.25) is 5.91 Å². The van der Waals surface area contributed by atoms with E-state index in [0.717, 1.165) is 11.1 Å². The van der Waals surface area contributed by atoms with Crippen LogP contribution in [-0.4, -0.2) is 128 Å². The number of aromatic hydroxyl groups is 1. The van der Waals surface area contributed by atoms with Crippen LogP contribution < -0.4 is 14.8 Å². The van der Waals surface area contributed by atoms with Crippen molar-refractivity contribution in [3.05, 3.63) is 89.1 Å². The van der Waals surface area contributed by atoms with Crippen molar-refractivity contribution in [2.45, 2.75) is 50.8 Å². The maximum atomic E-state index is 13.5. The standard InChI is InChI=1S/C43H40F6N8O11/c44-42(45,46)25-16-24(19-50-20-25)37-34(7-5-28(39(37)61)30-18-35(54-53-30)43(47,48)49)67-10-8-51-36(60)23-66-15-14-65-13-12-64-11-9-56-21-26(52-55-56)22-68-33-3-1-2-29-38(33)41(63)57(40(29)62)31-6-4-27(58)17-32(31)59/h1-3,5,7,16,18-21,31,61H,4,6,8-15,17,22-23H2,(H,51,60)(H,53,54). The molecule has 2 aliphatic rings. The number of pyridine rings is 1. The van der Waals surface area contributed by atoms with E-state index >= 15 is 0 Å². The molecular formula is C43H40F6N8O11. The van der Waals surface area contributed by atoms with Crippen LogP contribution in [0.4, 0.5) is 26.3 Å². The molecule has 0 spiro atoms. The van der Waals surface area contributed by atoms with E-state index in [9.17, 15) is 55.4 Å². The number of ketones is 2. The van der Waals surface area contributed by atoms with Crippen molar-refractivity contribution < 1.29 is 79.1 Å². The second-order valence-electron chi connectivity index (χ2n) is 15.1. The highest BCUT2D eigenvalue weighted by atomic mass is 19.4. The van der Waals surface area contributed by atoms with Gasteiger partial charge in [-0.3, -0.25) is 39.0 Å². The van der Waals surface area contributed by atoms with Crippen LogP contribution in [0.3, 0.4) is 0 Å². The van der Waals surface area contributed by atoms with Crippen LogP contribution >= 0.6 is 0 Å². The molecule has 2 aromatic carbocycles. The first-order valence-electron chi connectivity index (χ1n) is 20.7. The van der Waals surface area contributed by atoms with Crippen molar-refractivity contribution in [3.8, 4) is 39.6 Å². The molecule has 0 radical (unpaired) electrons. The lowest BCUT2D eigenvalue weighted by molar-refractivity contribution is -0.141. The quantitative estimate of drug-likeness (QED) is 0.0395. The summed E-state index contributed by atoms with van der Waals surface area (Å²) in [6, 6.07) is 7.30. The third-order valence-corrected chi connectivity index (χ3v) is 10.4. The zero-order chi connectivity index (χ0) is 48.6. The number of fused-ring (bicyclic) bond motifs is 1. The number of ether oxygens (including phenoxy) is 5. The zero-order valence-corrected chi connectivity index (χ0v) is 35.5. The Labute approximate surface area is 380 Å². The number of rotatable bonds is 21. The largest absolute Gasteiger partial charge is 0.506 e. The molecule has 1 fully saturated rings. The summed E-state index contributed by atoms with van der Waals surface area (Å²) in [6.45, 7) is 0.464. The van der Waals surface area contributed by atoms with Gasteiger partial charge in [-0.25, -0.2) is 4.68 Å². The van der Waals surface area contributed by atoms with E-state index in [1.807, 2.05) is 5.10 Å². The Hall–Kier alpha value is -7.25. The number of Topliss-reactive ketones (excluding diaryl/α,β-unsaturated/α-hetero) is 2. The zero-order valence-electron chi connectivity index (χ0n) is 35.5. The maximum absolute atomic E-state index is 13.5. The number of carbonyl (C=O) groups excluding carboxylic acids is 5. The van der Waals surface area contributed by atoms with Gasteiger partial charge in [-0.15, -0.1) is 5.10 Å². The molecule has 5 aromatic rings. The number of hydrogen-bond acceptors (Lipinski definition) is 15. The summed E-state index contributed by atoms with van der Waals surface area (Å²) < 4.78 is 109. The molecule has 3 aromatic heterocycles. The summed E-state index contributed by atoms with van der Waals surface area (Å²) in [7, 11) is 0.